The summed E-state index contributed by atoms with van der Waals surface area (Å²) < 4.78 is 10.5. The van der Waals surface area contributed by atoms with E-state index in [1.165, 1.54) is 5.56 Å². The number of ether oxygens (including phenoxy) is 2. The van der Waals surface area contributed by atoms with Crippen molar-refractivity contribution in [1.82, 2.24) is 5.32 Å². The molecule has 0 aliphatic rings. The molecule has 0 saturated heterocycles. The summed E-state index contributed by atoms with van der Waals surface area (Å²) >= 11 is 5.39. The summed E-state index contributed by atoms with van der Waals surface area (Å²) in [4.78, 5) is 0. The third kappa shape index (κ3) is 5.42. The van der Waals surface area contributed by atoms with Crippen LogP contribution < -0.4 is 20.1 Å². The fraction of sp³-hybridized carbons (Fsp3) is 0.316. The lowest BCUT2D eigenvalue weighted by molar-refractivity contribution is 0.355. The summed E-state index contributed by atoms with van der Waals surface area (Å²) in [6.45, 7) is 2.13. The Morgan fingerprint density at radius 1 is 1.04 bits per heavy atom. The molecule has 0 bridgehead atoms. The van der Waals surface area contributed by atoms with Crippen LogP contribution in [-0.4, -0.2) is 25.4 Å². The minimum Gasteiger partial charge on any atom is -0.493 e. The standard InChI is InChI=1S/C19H24N2O2S/c1-14(9-10-15-7-5-4-6-8-15)20-19(24)21-16-11-12-17(22-2)18(13-16)23-3/h4-8,11-14H,9-10H2,1-3H3,(H2,20,21,24). The topological polar surface area (TPSA) is 42.5 Å². The van der Waals surface area contributed by atoms with Crippen LogP contribution in [0.15, 0.2) is 48.5 Å². The zero-order valence-corrected chi connectivity index (χ0v) is 15.2. The number of rotatable bonds is 7. The Morgan fingerprint density at radius 3 is 2.42 bits per heavy atom. The molecule has 2 N–H and O–H groups in total. The Labute approximate surface area is 149 Å². The molecule has 0 aliphatic heterocycles. The van der Waals surface area contributed by atoms with Gasteiger partial charge in [0.15, 0.2) is 16.6 Å². The van der Waals surface area contributed by atoms with Gasteiger partial charge in [0.05, 0.1) is 14.2 Å². The first kappa shape index (κ1) is 18.1. The van der Waals surface area contributed by atoms with Gasteiger partial charge in [0.1, 0.15) is 0 Å². The maximum atomic E-state index is 5.39. The number of anilines is 1. The number of methoxy groups -OCH3 is 2. The second-order valence-electron chi connectivity index (χ2n) is 5.59. The van der Waals surface area contributed by atoms with E-state index in [4.69, 9.17) is 21.7 Å². The molecule has 2 rings (SSSR count). The third-order valence-electron chi connectivity index (χ3n) is 3.73. The van der Waals surface area contributed by atoms with Gasteiger partial charge < -0.3 is 20.1 Å². The van der Waals surface area contributed by atoms with Gasteiger partial charge in [0.25, 0.3) is 0 Å². The van der Waals surface area contributed by atoms with Crippen LogP contribution in [0.5, 0.6) is 11.5 Å². The summed E-state index contributed by atoms with van der Waals surface area (Å²) in [5.74, 6) is 1.36. The highest BCUT2D eigenvalue weighted by molar-refractivity contribution is 7.80. The quantitative estimate of drug-likeness (QED) is 0.743. The smallest absolute Gasteiger partial charge is 0.170 e. The van der Waals surface area contributed by atoms with Crippen LogP contribution in [0.25, 0.3) is 0 Å². The van der Waals surface area contributed by atoms with Gasteiger partial charge in [-0.2, -0.15) is 0 Å². The predicted molar refractivity (Wildman–Crippen MR) is 103 cm³/mol. The molecule has 1 unspecified atom stereocenters. The van der Waals surface area contributed by atoms with Crippen molar-refractivity contribution in [3.63, 3.8) is 0 Å². The molecule has 0 saturated carbocycles. The van der Waals surface area contributed by atoms with Crippen LogP contribution in [-0.2, 0) is 6.42 Å². The summed E-state index contributed by atoms with van der Waals surface area (Å²) in [6, 6.07) is 16.4. The van der Waals surface area contributed by atoms with Crippen LogP contribution in [0.4, 0.5) is 5.69 Å². The number of benzene rings is 2. The molecule has 2 aromatic rings. The van der Waals surface area contributed by atoms with E-state index < -0.39 is 0 Å². The van der Waals surface area contributed by atoms with E-state index in [9.17, 15) is 0 Å². The van der Waals surface area contributed by atoms with E-state index in [0.717, 1.165) is 18.5 Å². The Kier molecular flexibility index (Phi) is 6.88. The van der Waals surface area contributed by atoms with E-state index in [1.54, 1.807) is 14.2 Å². The largest absolute Gasteiger partial charge is 0.493 e. The molecule has 0 radical (unpaired) electrons. The van der Waals surface area contributed by atoms with Crippen molar-refractivity contribution in [2.75, 3.05) is 19.5 Å². The van der Waals surface area contributed by atoms with Crippen molar-refractivity contribution in [1.29, 1.82) is 0 Å². The lowest BCUT2D eigenvalue weighted by atomic mass is 10.1. The Hall–Kier alpha value is -2.27. The molecular weight excluding hydrogens is 320 g/mol. The molecule has 0 heterocycles. The molecule has 0 aliphatic carbocycles. The molecule has 128 valence electrons. The fourth-order valence-electron chi connectivity index (χ4n) is 2.40. The van der Waals surface area contributed by atoms with Crippen molar-refractivity contribution >= 4 is 23.0 Å². The Bertz CT molecular complexity index is 662. The first-order chi connectivity index (χ1) is 11.6. The van der Waals surface area contributed by atoms with Gasteiger partial charge in [-0.1, -0.05) is 30.3 Å². The summed E-state index contributed by atoms with van der Waals surface area (Å²) in [5, 5.41) is 7.09. The number of thiocarbonyl (C=S) groups is 1. The maximum absolute atomic E-state index is 5.39. The predicted octanol–water partition coefficient (Wildman–Crippen LogP) is 4.01. The SMILES string of the molecule is COc1ccc(NC(=S)NC(C)CCc2ccccc2)cc1OC. The summed E-state index contributed by atoms with van der Waals surface area (Å²) in [5.41, 5.74) is 2.20. The number of aryl methyl sites for hydroxylation is 1. The average Bonchev–Trinajstić information content (AvgIpc) is 2.60. The second kappa shape index (κ2) is 9.13. The van der Waals surface area contributed by atoms with Crippen LogP contribution in [0.2, 0.25) is 0 Å². The van der Waals surface area contributed by atoms with Gasteiger partial charge in [0, 0.05) is 17.8 Å². The fourth-order valence-corrected chi connectivity index (χ4v) is 2.72. The van der Waals surface area contributed by atoms with Crippen molar-refractivity contribution in [3.8, 4) is 11.5 Å². The van der Waals surface area contributed by atoms with E-state index >= 15 is 0 Å². The average molecular weight is 344 g/mol. The number of hydrogen-bond acceptors (Lipinski definition) is 3. The van der Waals surface area contributed by atoms with Crippen LogP contribution in [0, 0.1) is 0 Å². The summed E-state index contributed by atoms with van der Waals surface area (Å²) in [7, 11) is 3.23. The number of hydrogen-bond donors (Lipinski definition) is 2. The molecule has 2 aromatic carbocycles. The first-order valence-corrected chi connectivity index (χ1v) is 8.36. The van der Waals surface area contributed by atoms with Gasteiger partial charge in [-0.25, -0.2) is 0 Å². The lowest BCUT2D eigenvalue weighted by Crippen LogP contribution is -2.36. The van der Waals surface area contributed by atoms with Crippen LogP contribution >= 0.6 is 12.2 Å². The maximum Gasteiger partial charge on any atom is 0.170 e. The van der Waals surface area contributed by atoms with Gasteiger partial charge in [-0.15, -0.1) is 0 Å². The van der Waals surface area contributed by atoms with E-state index in [0.29, 0.717) is 16.6 Å². The van der Waals surface area contributed by atoms with Gasteiger partial charge in [0.2, 0.25) is 0 Å². The van der Waals surface area contributed by atoms with E-state index in [-0.39, 0.29) is 6.04 Å². The minimum absolute atomic E-state index is 0.283. The molecule has 4 nitrogen and oxygen atoms in total. The molecule has 0 spiro atoms. The van der Waals surface area contributed by atoms with Crippen LogP contribution in [0.1, 0.15) is 18.9 Å². The van der Waals surface area contributed by atoms with Crippen molar-refractivity contribution in [3.05, 3.63) is 54.1 Å². The van der Waals surface area contributed by atoms with Gasteiger partial charge >= 0.3 is 0 Å². The Morgan fingerprint density at radius 2 is 1.75 bits per heavy atom. The second-order valence-corrected chi connectivity index (χ2v) is 6.00. The summed E-state index contributed by atoms with van der Waals surface area (Å²) in [6.07, 6.45) is 2.03. The normalized spacial score (nSPS) is 11.5. The van der Waals surface area contributed by atoms with E-state index in [1.807, 2.05) is 24.3 Å². The van der Waals surface area contributed by atoms with E-state index in [2.05, 4.69) is 41.8 Å². The molecule has 1 atom stereocenters. The molecule has 0 fully saturated rings. The first-order valence-electron chi connectivity index (χ1n) is 7.96. The molecule has 0 amide bonds. The molecule has 5 heteroatoms. The zero-order chi connectivity index (χ0) is 17.4. The third-order valence-corrected chi connectivity index (χ3v) is 3.95. The van der Waals surface area contributed by atoms with Crippen molar-refractivity contribution in [2.45, 2.75) is 25.8 Å². The Balaban J connectivity index is 1.84. The highest BCUT2D eigenvalue weighted by atomic mass is 32.1. The minimum atomic E-state index is 0.283. The molecular formula is C19H24N2O2S. The van der Waals surface area contributed by atoms with Gasteiger partial charge in [-0.05, 0) is 49.7 Å². The molecule has 0 aromatic heterocycles. The monoisotopic (exact) mass is 344 g/mol. The number of nitrogens with one attached hydrogen (secondary N) is 2. The van der Waals surface area contributed by atoms with Crippen LogP contribution in [0.3, 0.4) is 0 Å². The highest BCUT2D eigenvalue weighted by Gasteiger charge is 2.08. The van der Waals surface area contributed by atoms with Crippen molar-refractivity contribution in [2.24, 2.45) is 0 Å². The zero-order valence-electron chi connectivity index (χ0n) is 14.3. The van der Waals surface area contributed by atoms with Crippen molar-refractivity contribution < 1.29 is 9.47 Å². The highest BCUT2D eigenvalue weighted by Crippen LogP contribution is 2.29. The van der Waals surface area contributed by atoms with Gasteiger partial charge in [-0.3, -0.25) is 0 Å². The molecule has 24 heavy (non-hydrogen) atoms. The lowest BCUT2D eigenvalue weighted by Gasteiger charge is -2.17.